The molecule has 204 valence electrons. The van der Waals surface area contributed by atoms with E-state index in [0.717, 1.165) is 5.39 Å². The van der Waals surface area contributed by atoms with E-state index in [-0.39, 0.29) is 18.2 Å². The molecule has 0 unspecified atom stereocenters. The first-order valence-corrected chi connectivity index (χ1v) is 12.6. The van der Waals surface area contributed by atoms with Crippen LogP contribution in [0.3, 0.4) is 0 Å². The first-order valence-electron chi connectivity index (χ1n) is 12.6. The zero-order valence-electron chi connectivity index (χ0n) is 22.4. The van der Waals surface area contributed by atoms with Crippen molar-refractivity contribution < 1.29 is 28.2 Å². The Hall–Kier alpha value is -5.12. The smallest absolute Gasteiger partial charge is 0.347 e. The third-order valence-electron chi connectivity index (χ3n) is 6.17. The average molecular weight is 542 g/mol. The number of nitrogens with zero attached hydrogens (tertiary/aromatic N) is 3. The van der Waals surface area contributed by atoms with Gasteiger partial charge in [0.05, 0.1) is 43.3 Å². The van der Waals surface area contributed by atoms with Gasteiger partial charge in [0.1, 0.15) is 11.3 Å². The lowest BCUT2D eigenvalue weighted by atomic mass is 10.2. The summed E-state index contributed by atoms with van der Waals surface area (Å²) in [7, 11) is 3.07. The second-order valence-corrected chi connectivity index (χ2v) is 8.69. The minimum absolute atomic E-state index is 0.198. The molecule has 0 saturated carbocycles. The number of carbonyl (C=O) groups excluding carboxylic acids is 1. The highest BCUT2D eigenvalue weighted by Crippen LogP contribution is 2.34. The van der Waals surface area contributed by atoms with Crippen LogP contribution in [0.4, 0.5) is 0 Å². The number of methoxy groups -OCH3 is 2. The summed E-state index contributed by atoms with van der Waals surface area (Å²) in [6.45, 7) is 3.52. The van der Waals surface area contributed by atoms with Crippen LogP contribution in [0.1, 0.15) is 19.4 Å². The van der Waals surface area contributed by atoms with E-state index < -0.39 is 17.6 Å². The molecule has 2 aromatic heterocycles. The zero-order chi connectivity index (χ0) is 28.2. The van der Waals surface area contributed by atoms with Gasteiger partial charge >= 0.3 is 5.97 Å². The van der Waals surface area contributed by atoms with E-state index in [2.05, 4.69) is 5.10 Å². The topological polar surface area (TPSA) is 114 Å². The number of rotatable bonds is 9. The lowest BCUT2D eigenvalue weighted by molar-refractivity contribution is -0.150. The maximum Gasteiger partial charge on any atom is 0.347 e. The predicted molar refractivity (Wildman–Crippen MR) is 150 cm³/mol. The molecule has 0 amide bonds. The van der Waals surface area contributed by atoms with Crippen molar-refractivity contribution in [3.05, 3.63) is 82.6 Å². The molecule has 1 atom stereocenters. The second-order valence-electron chi connectivity index (χ2n) is 8.69. The monoisotopic (exact) mass is 541 g/mol. The summed E-state index contributed by atoms with van der Waals surface area (Å²) in [5, 5.41) is 5.63. The molecule has 0 saturated heterocycles. The Bertz CT molecular complexity index is 1790. The maximum absolute atomic E-state index is 13.7. The molecule has 0 aliphatic rings. The third-order valence-corrected chi connectivity index (χ3v) is 6.17. The lowest BCUT2D eigenvalue weighted by Crippen LogP contribution is -2.26. The molecule has 0 fully saturated rings. The van der Waals surface area contributed by atoms with Gasteiger partial charge < -0.3 is 23.4 Å². The molecule has 0 radical (unpaired) electrons. The van der Waals surface area contributed by atoms with Gasteiger partial charge in [-0.05, 0) is 56.3 Å². The Morgan fingerprint density at radius 2 is 1.77 bits per heavy atom. The molecule has 5 rings (SSSR count). The van der Waals surface area contributed by atoms with Gasteiger partial charge in [-0.15, -0.1) is 0 Å². The number of esters is 1. The standard InChI is InChI=1S/C30H27N3O7/c1-5-38-30(35)18(2)39-27-19(10-8-15-25(27)37-4)17-31-33-28(32-22-12-7-6-11-20(22)29(33)34)26-16-21-23(36-3)13-9-14-24(21)40-26/h6-18H,5H2,1-4H3/t18-/m0/s1. The summed E-state index contributed by atoms with van der Waals surface area (Å²) in [5.41, 5.74) is 1.14. The molecule has 0 N–H and O–H groups in total. The van der Waals surface area contributed by atoms with E-state index in [1.807, 2.05) is 12.1 Å². The van der Waals surface area contributed by atoms with E-state index in [4.69, 9.17) is 28.3 Å². The Morgan fingerprint density at radius 3 is 2.55 bits per heavy atom. The summed E-state index contributed by atoms with van der Waals surface area (Å²) < 4.78 is 29.2. The molecule has 2 heterocycles. The van der Waals surface area contributed by atoms with Gasteiger partial charge in [0, 0.05) is 5.56 Å². The number of fused-ring (bicyclic) bond motifs is 2. The third kappa shape index (κ3) is 4.98. The zero-order valence-corrected chi connectivity index (χ0v) is 22.4. The molecular formula is C30H27N3O7. The van der Waals surface area contributed by atoms with Crippen LogP contribution < -0.4 is 19.8 Å². The number of aromatic nitrogens is 2. The maximum atomic E-state index is 13.7. The molecule has 0 aliphatic heterocycles. The summed E-state index contributed by atoms with van der Waals surface area (Å²) in [5.74, 6) is 1.29. The molecule has 5 aromatic rings. The summed E-state index contributed by atoms with van der Waals surface area (Å²) in [6.07, 6.45) is 0.537. The van der Waals surface area contributed by atoms with Gasteiger partial charge in [0.2, 0.25) is 5.82 Å². The van der Waals surface area contributed by atoms with Crippen molar-refractivity contribution in [3.8, 4) is 28.8 Å². The molecule has 40 heavy (non-hydrogen) atoms. The summed E-state index contributed by atoms with van der Waals surface area (Å²) in [6, 6.07) is 19.4. The number of para-hydroxylation sites is 2. The molecule has 0 spiro atoms. The predicted octanol–water partition coefficient (Wildman–Crippen LogP) is 5.04. The first kappa shape index (κ1) is 26.5. The number of furan rings is 1. The lowest BCUT2D eigenvalue weighted by Gasteiger charge is -2.17. The fourth-order valence-electron chi connectivity index (χ4n) is 4.24. The van der Waals surface area contributed by atoms with Crippen molar-refractivity contribution in [1.82, 2.24) is 9.66 Å². The van der Waals surface area contributed by atoms with Crippen LogP contribution in [0.25, 0.3) is 33.5 Å². The van der Waals surface area contributed by atoms with Crippen molar-refractivity contribution in [2.75, 3.05) is 20.8 Å². The van der Waals surface area contributed by atoms with Crippen LogP contribution in [0.5, 0.6) is 17.2 Å². The quantitative estimate of drug-likeness (QED) is 0.188. The van der Waals surface area contributed by atoms with Crippen LogP contribution in [0, 0.1) is 0 Å². The Balaban J connectivity index is 1.65. The second kappa shape index (κ2) is 11.3. The van der Waals surface area contributed by atoms with Gasteiger partial charge in [0.15, 0.2) is 23.4 Å². The molecule has 0 bridgehead atoms. The first-order chi connectivity index (χ1) is 19.4. The fraction of sp³-hybridized carbons (Fsp3) is 0.200. The fourth-order valence-corrected chi connectivity index (χ4v) is 4.24. The number of benzene rings is 3. The van der Waals surface area contributed by atoms with E-state index in [1.165, 1.54) is 18.0 Å². The molecule has 10 heteroatoms. The minimum Gasteiger partial charge on any atom is -0.496 e. The van der Waals surface area contributed by atoms with E-state index in [1.54, 1.807) is 75.6 Å². The Kier molecular flexibility index (Phi) is 7.50. The van der Waals surface area contributed by atoms with Gasteiger partial charge in [0.25, 0.3) is 5.56 Å². The number of ether oxygens (including phenoxy) is 4. The Morgan fingerprint density at radius 1 is 1.02 bits per heavy atom. The van der Waals surface area contributed by atoms with Gasteiger partial charge in [-0.2, -0.15) is 9.78 Å². The SMILES string of the molecule is CCOC(=O)[C@H](C)Oc1c(C=Nn2c(-c3cc4c(OC)cccc4o3)nc3ccccc3c2=O)cccc1OC. The van der Waals surface area contributed by atoms with Crippen LogP contribution in [0.2, 0.25) is 0 Å². The van der Waals surface area contributed by atoms with Crippen molar-refractivity contribution in [2.24, 2.45) is 5.10 Å². The number of hydrogen-bond acceptors (Lipinski definition) is 9. The van der Waals surface area contributed by atoms with Crippen LogP contribution in [0.15, 0.2) is 81.0 Å². The van der Waals surface area contributed by atoms with Crippen LogP contribution in [-0.2, 0) is 9.53 Å². The van der Waals surface area contributed by atoms with Gasteiger partial charge in [-0.3, -0.25) is 4.79 Å². The van der Waals surface area contributed by atoms with Crippen molar-refractivity contribution in [3.63, 3.8) is 0 Å². The van der Waals surface area contributed by atoms with Gasteiger partial charge in [-0.1, -0.05) is 24.3 Å². The largest absolute Gasteiger partial charge is 0.496 e. The average Bonchev–Trinajstić information content (AvgIpc) is 3.41. The Labute approximate surface area is 229 Å². The van der Waals surface area contributed by atoms with E-state index >= 15 is 0 Å². The summed E-state index contributed by atoms with van der Waals surface area (Å²) in [4.78, 5) is 30.6. The van der Waals surface area contributed by atoms with E-state index in [0.29, 0.717) is 39.3 Å². The normalized spacial score (nSPS) is 12.1. The highest BCUT2D eigenvalue weighted by molar-refractivity contribution is 5.89. The number of carbonyl (C=O) groups is 1. The number of hydrogen-bond donors (Lipinski definition) is 0. The van der Waals surface area contributed by atoms with Crippen LogP contribution in [-0.4, -0.2) is 48.8 Å². The molecule has 3 aromatic carbocycles. The van der Waals surface area contributed by atoms with Crippen molar-refractivity contribution in [2.45, 2.75) is 20.0 Å². The van der Waals surface area contributed by atoms with E-state index in [9.17, 15) is 9.59 Å². The highest BCUT2D eigenvalue weighted by Gasteiger charge is 2.21. The van der Waals surface area contributed by atoms with Crippen molar-refractivity contribution >= 4 is 34.1 Å². The highest BCUT2D eigenvalue weighted by atomic mass is 16.6. The summed E-state index contributed by atoms with van der Waals surface area (Å²) >= 11 is 0. The van der Waals surface area contributed by atoms with Crippen LogP contribution >= 0.6 is 0 Å². The van der Waals surface area contributed by atoms with Crippen molar-refractivity contribution in [1.29, 1.82) is 0 Å². The molecule has 0 aliphatic carbocycles. The van der Waals surface area contributed by atoms with Gasteiger partial charge in [-0.25, -0.2) is 9.78 Å². The molecule has 10 nitrogen and oxygen atoms in total. The molecular weight excluding hydrogens is 514 g/mol. The minimum atomic E-state index is -0.908.